The summed E-state index contributed by atoms with van der Waals surface area (Å²) in [6, 6.07) is 11.4. The Hall–Kier alpha value is -1.65. The molecule has 0 N–H and O–H groups in total. The van der Waals surface area contributed by atoms with Gasteiger partial charge in [0.2, 0.25) is 0 Å². The molecule has 1 aromatic heterocycles. The topological polar surface area (TPSA) is 35.5 Å². The average Bonchev–Trinajstić information content (AvgIpc) is 2.86. The molecule has 0 radical (unpaired) electrons. The van der Waals surface area contributed by atoms with Crippen LogP contribution in [0.5, 0.6) is 5.75 Å². The summed E-state index contributed by atoms with van der Waals surface area (Å²) in [7, 11) is 1.63. The van der Waals surface area contributed by atoms with Gasteiger partial charge >= 0.3 is 0 Å². The first-order valence-corrected chi connectivity index (χ1v) is 6.81. The third kappa shape index (κ3) is 3.91. The highest BCUT2D eigenvalue weighted by molar-refractivity contribution is 7.14. The van der Waals surface area contributed by atoms with E-state index < -0.39 is 0 Å². The Kier molecular flexibility index (Phi) is 4.71. The molecule has 0 aliphatic heterocycles. The van der Waals surface area contributed by atoms with Gasteiger partial charge in [-0.3, -0.25) is 4.79 Å². The number of ketones is 1. The average molecular weight is 276 g/mol. The Morgan fingerprint density at radius 1 is 1.26 bits per heavy atom. The summed E-state index contributed by atoms with van der Waals surface area (Å²) in [6.07, 6.45) is 0. The molecule has 19 heavy (non-hydrogen) atoms. The summed E-state index contributed by atoms with van der Waals surface area (Å²) in [5.41, 5.74) is 0.995. The number of Topliss-reactive ketones (excluding diaryl/α,β-unsaturated/α-hetero) is 1. The third-order valence-electron chi connectivity index (χ3n) is 2.65. The molecule has 0 amide bonds. The second-order valence-electron chi connectivity index (χ2n) is 4.18. The van der Waals surface area contributed by atoms with Crippen LogP contribution in [0.2, 0.25) is 0 Å². The van der Waals surface area contributed by atoms with E-state index in [1.54, 1.807) is 7.11 Å². The molecule has 0 bridgehead atoms. The molecule has 0 atom stereocenters. The van der Waals surface area contributed by atoms with E-state index in [1.165, 1.54) is 11.3 Å². The zero-order chi connectivity index (χ0) is 13.7. The van der Waals surface area contributed by atoms with E-state index in [4.69, 9.17) is 9.47 Å². The summed E-state index contributed by atoms with van der Waals surface area (Å²) in [4.78, 5) is 13.7. The molecule has 1 aromatic carbocycles. The van der Waals surface area contributed by atoms with Crippen LogP contribution in [-0.4, -0.2) is 19.5 Å². The highest BCUT2D eigenvalue weighted by Crippen LogP contribution is 2.16. The summed E-state index contributed by atoms with van der Waals surface area (Å²) in [6.45, 7) is 2.50. The van der Waals surface area contributed by atoms with Crippen LogP contribution in [0.4, 0.5) is 0 Å². The molecule has 0 spiro atoms. The maximum atomic E-state index is 11.8. The van der Waals surface area contributed by atoms with Crippen LogP contribution in [-0.2, 0) is 11.3 Å². The van der Waals surface area contributed by atoms with Crippen LogP contribution in [0.3, 0.4) is 0 Å². The van der Waals surface area contributed by atoms with Crippen LogP contribution in [0, 0.1) is 6.92 Å². The third-order valence-corrected chi connectivity index (χ3v) is 3.69. The Balaban J connectivity index is 1.84. The van der Waals surface area contributed by atoms with Gasteiger partial charge in [-0.15, -0.1) is 11.3 Å². The fourth-order valence-corrected chi connectivity index (χ4v) is 2.47. The molecule has 2 aromatic rings. The number of carbonyl (C=O) groups excluding carboxylic acids is 1. The van der Waals surface area contributed by atoms with E-state index in [0.29, 0.717) is 6.61 Å². The number of rotatable bonds is 6. The highest BCUT2D eigenvalue weighted by atomic mass is 32.1. The summed E-state index contributed by atoms with van der Waals surface area (Å²) in [5, 5.41) is 0. The fourth-order valence-electron chi connectivity index (χ4n) is 1.68. The van der Waals surface area contributed by atoms with E-state index in [2.05, 4.69) is 0 Å². The highest BCUT2D eigenvalue weighted by Gasteiger charge is 2.08. The molecule has 3 nitrogen and oxygen atoms in total. The lowest BCUT2D eigenvalue weighted by Crippen LogP contribution is -2.07. The molecule has 0 fully saturated rings. The molecule has 0 saturated carbocycles. The van der Waals surface area contributed by atoms with Gasteiger partial charge in [0.05, 0.1) is 18.6 Å². The van der Waals surface area contributed by atoms with Crippen molar-refractivity contribution in [3.05, 3.63) is 51.7 Å². The van der Waals surface area contributed by atoms with Crippen molar-refractivity contribution in [1.82, 2.24) is 0 Å². The molecule has 0 aliphatic rings. The Morgan fingerprint density at radius 3 is 2.79 bits per heavy atom. The lowest BCUT2D eigenvalue weighted by molar-refractivity contribution is 0.0730. The first-order valence-electron chi connectivity index (χ1n) is 5.99. The second-order valence-corrected chi connectivity index (χ2v) is 5.47. The lowest BCUT2D eigenvalue weighted by atomic mass is 10.2. The van der Waals surface area contributed by atoms with Gasteiger partial charge in [0.1, 0.15) is 12.4 Å². The van der Waals surface area contributed by atoms with Gasteiger partial charge in [-0.2, -0.15) is 0 Å². The number of hydrogen-bond acceptors (Lipinski definition) is 4. The molecule has 2 rings (SSSR count). The SMILES string of the molecule is COc1cccc(COCC(=O)c2ccc(C)s2)c1. The first kappa shape index (κ1) is 13.8. The molecule has 4 heteroatoms. The normalized spacial score (nSPS) is 10.4. The number of benzene rings is 1. The molecule has 0 saturated heterocycles. The Morgan fingerprint density at radius 2 is 2.11 bits per heavy atom. The van der Waals surface area contributed by atoms with Crippen LogP contribution in [0.25, 0.3) is 0 Å². The number of ether oxygens (including phenoxy) is 2. The van der Waals surface area contributed by atoms with Crippen molar-refractivity contribution in [1.29, 1.82) is 0 Å². The Bertz CT molecular complexity index is 560. The van der Waals surface area contributed by atoms with E-state index in [1.807, 2.05) is 43.3 Å². The van der Waals surface area contributed by atoms with E-state index in [0.717, 1.165) is 21.1 Å². The largest absolute Gasteiger partial charge is 0.497 e. The number of methoxy groups -OCH3 is 1. The van der Waals surface area contributed by atoms with Crippen molar-refractivity contribution in [3.8, 4) is 5.75 Å². The van der Waals surface area contributed by atoms with Gasteiger partial charge in [0.25, 0.3) is 0 Å². The minimum absolute atomic E-state index is 0.0287. The number of thiophene rings is 1. The number of carbonyl (C=O) groups is 1. The maximum absolute atomic E-state index is 11.8. The van der Waals surface area contributed by atoms with Gasteiger partial charge < -0.3 is 9.47 Å². The Labute approximate surface area is 116 Å². The monoisotopic (exact) mass is 276 g/mol. The molecule has 100 valence electrons. The number of hydrogen-bond donors (Lipinski definition) is 0. The molecule has 0 aliphatic carbocycles. The van der Waals surface area contributed by atoms with Gasteiger partial charge in [-0.25, -0.2) is 0 Å². The predicted molar refractivity (Wildman–Crippen MR) is 76.0 cm³/mol. The lowest BCUT2D eigenvalue weighted by Gasteiger charge is -2.05. The van der Waals surface area contributed by atoms with E-state index >= 15 is 0 Å². The van der Waals surface area contributed by atoms with Crippen LogP contribution in [0.1, 0.15) is 20.1 Å². The summed E-state index contributed by atoms with van der Waals surface area (Å²) in [5.74, 6) is 0.822. The maximum Gasteiger partial charge on any atom is 0.198 e. The van der Waals surface area contributed by atoms with Crippen LogP contribution < -0.4 is 4.74 Å². The zero-order valence-electron chi connectivity index (χ0n) is 11.0. The standard InChI is InChI=1S/C15H16O3S/c1-11-6-7-15(19-11)14(16)10-18-9-12-4-3-5-13(8-12)17-2/h3-8H,9-10H2,1-2H3. The van der Waals surface area contributed by atoms with Crippen molar-refractivity contribution in [2.24, 2.45) is 0 Å². The van der Waals surface area contributed by atoms with Crippen molar-refractivity contribution < 1.29 is 14.3 Å². The van der Waals surface area contributed by atoms with Crippen molar-refractivity contribution in [3.63, 3.8) is 0 Å². The van der Waals surface area contributed by atoms with Crippen molar-refractivity contribution >= 4 is 17.1 Å². The van der Waals surface area contributed by atoms with E-state index in [-0.39, 0.29) is 12.4 Å². The van der Waals surface area contributed by atoms with Gasteiger partial charge in [0.15, 0.2) is 5.78 Å². The summed E-state index contributed by atoms with van der Waals surface area (Å²) < 4.78 is 10.6. The van der Waals surface area contributed by atoms with Gasteiger partial charge in [-0.1, -0.05) is 12.1 Å². The zero-order valence-corrected chi connectivity index (χ0v) is 11.8. The minimum atomic E-state index is 0.0287. The molecular formula is C15H16O3S. The van der Waals surface area contributed by atoms with Gasteiger partial charge in [-0.05, 0) is 36.8 Å². The molecule has 0 unspecified atom stereocenters. The van der Waals surface area contributed by atoms with Crippen LogP contribution >= 0.6 is 11.3 Å². The minimum Gasteiger partial charge on any atom is -0.497 e. The molecule has 1 heterocycles. The van der Waals surface area contributed by atoms with Crippen LogP contribution in [0.15, 0.2) is 36.4 Å². The molecular weight excluding hydrogens is 260 g/mol. The summed E-state index contributed by atoms with van der Waals surface area (Å²) >= 11 is 1.50. The van der Waals surface area contributed by atoms with Crippen molar-refractivity contribution in [2.75, 3.05) is 13.7 Å². The van der Waals surface area contributed by atoms with E-state index in [9.17, 15) is 4.79 Å². The smallest absolute Gasteiger partial charge is 0.198 e. The van der Waals surface area contributed by atoms with Gasteiger partial charge in [0, 0.05) is 4.88 Å². The van der Waals surface area contributed by atoms with Crippen molar-refractivity contribution in [2.45, 2.75) is 13.5 Å². The fraction of sp³-hybridized carbons (Fsp3) is 0.267. The predicted octanol–water partition coefficient (Wildman–Crippen LogP) is 3.46. The second kappa shape index (κ2) is 6.50. The number of aryl methyl sites for hydroxylation is 1. The quantitative estimate of drug-likeness (QED) is 0.758. The first-order chi connectivity index (χ1) is 9.19.